The van der Waals surface area contributed by atoms with Crippen molar-refractivity contribution in [2.75, 3.05) is 46.2 Å². The van der Waals surface area contributed by atoms with Gasteiger partial charge in [0, 0.05) is 53.9 Å². The summed E-state index contributed by atoms with van der Waals surface area (Å²) >= 11 is 0. The van der Waals surface area contributed by atoms with E-state index in [-0.39, 0.29) is 72.8 Å². The van der Waals surface area contributed by atoms with E-state index < -0.39 is 39.5 Å². The van der Waals surface area contributed by atoms with Gasteiger partial charge in [-0.3, -0.25) is 28.8 Å². The fourth-order valence-electron chi connectivity index (χ4n) is 9.13. The molecule has 1 saturated heterocycles. The molecule has 0 bridgehead atoms. The Kier molecular flexibility index (Phi) is 23.6. The van der Waals surface area contributed by atoms with Crippen LogP contribution in [0.2, 0.25) is 0 Å². The Morgan fingerprint density at radius 3 is 1.93 bits per heavy atom. The van der Waals surface area contributed by atoms with Crippen LogP contribution in [0.5, 0.6) is 5.75 Å². The highest BCUT2D eigenvalue weighted by Crippen LogP contribution is 2.47. The molecule has 2 fully saturated rings. The van der Waals surface area contributed by atoms with Crippen LogP contribution in [0.4, 0.5) is 0 Å². The summed E-state index contributed by atoms with van der Waals surface area (Å²) in [6, 6.07) is 23.3. The molecule has 1 aliphatic heterocycles. The number of aryl methyl sites for hydroxylation is 1. The van der Waals surface area contributed by atoms with E-state index in [1.165, 1.54) is 13.3 Å². The van der Waals surface area contributed by atoms with Gasteiger partial charge < -0.3 is 34.0 Å². The Labute approximate surface area is 432 Å². The molecule has 1 heterocycles. The van der Waals surface area contributed by atoms with Gasteiger partial charge >= 0.3 is 5.97 Å². The van der Waals surface area contributed by atoms with Crippen LogP contribution in [0.25, 0.3) is 0 Å². The summed E-state index contributed by atoms with van der Waals surface area (Å²) in [4.78, 5) is 88.7. The van der Waals surface area contributed by atoms with E-state index in [0.717, 1.165) is 29.5 Å². The van der Waals surface area contributed by atoms with E-state index in [2.05, 4.69) is 15.8 Å². The molecule has 5 rings (SSSR count). The third-order valence-corrected chi connectivity index (χ3v) is 13.3. The Morgan fingerprint density at radius 1 is 0.808 bits per heavy atom. The number of ether oxygens (including phenoxy) is 2. The van der Waals surface area contributed by atoms with Crippen LogP contribution < -0.4 is 15.4 Å². The van der Waals surface area contributed by atoms with Gasteiger partial charge in [0.15, 0.2) is 17.3 Å². The molecule has 4 atom stereocenters. The van der Waals surface area contributed by atoms with Crippen LogP contribution in [-0.4, -0.2) is 117 Å². The van der Waals surface area contributed by atoms with E-state index in [0.29, 0.717) is 87.0 Å². The molecule has 0 spiro atoms. The lowest BCUT2D eigenvalue weighted by atomic mass is 9.87. The summed E-state index contributed by atoms with van der Waals surface area (Å²) in [7, 11) is -2.48. The Morgan fingerprint density at radius 2 is 1.37 bits per heavy atom. The van der Waals surface area contributed by atoms with Gasteiger partial charge in [-0.2, -0.15) is 0 Å². The zero-order valence-electron chi connectivity index (χ0n) is 44.1. The predicted molar refractivity (Wildman–Crippen MR) is 278 cm³/mol. The van der Waals surface area contributed by atoms with Crippen LogP contribution in [-0.2, 0) is 67.8 Å². The fraction of sp³-hybridized carbons (Fsp3) is 0.554. The van der Waals surface area contributed by atoms with Gasteiger partial charge in [0.2, 0.25) is 11.8 Å². The Balaban J connectivity index is 0.00000220. The van der Waals surface area contributed by atoms with Crippen molar-refractivity contribution in [1.82, 2.24) is 10.6 Å². The predicted octanol–water partition coefficient (Wildman–Crippen LogP) is 6.95. The molecule has 16 nitrogen and oxygen atoms in total. The molecule has 1 aliphatic carbocycles. The van der Waals surface area contributed by atoms with Crippen molar-refractivity contribution in [2.24, 2.45) is 34.2 Å². The Hall–Kier alpha value is -5.62. The largest absolute Gasteiger partial charge is 0.748 e. The Bertz CT molecular complexity index is 2430. The maximum atomic E-state index is 14.6. The summed E-state index contributed by atoms with van der Waals surface area (Å²) in [5.41, 5.74) is 2.95. The first-order chi connectivity index (χ1) is 34.5. The number of Topliss-reactive ketones (excluding diaryl/α,β-unsaturated/α-hetero) is 3. The number of morpholine rings is 1. The van der Waals surface area contributed by atoms with Gasteiger partial charge in [0.05, 0.1) is 41.6 Å². The molecule has 3 aromatic carbocycles. The molecule has 2 unspecified atom stereocenters. The lowest BCUT2D eigenvalue weighted by Crippen LogP contribution is -2.57. The monoisotopic (exact) mass is 1030 g/mol. The van der Waals surface area contributed by atoms with Crippen LogP contribution >= 0.6 is 0 Å². The second kappa shape index (κ2) is 28.7. The number of oxime groups is 1. The van der Waals surface area contributed by atoms with E-state index >= 15 is 0 Å². The first-order valence-electron chi connectivity index (χ1n) is 25.5. The smallest absolute Gasteiger partial charge is 0.310 e. The zero-order chi connectivity index (χ0) is 53.8. The highest BCUT2D eigenvalue weighted by Gasteiger charge is 2.48. The lowest BCUT2D eigenvalue weighted by Gasteiger charge is -2.41. The normalized spacial score (nSPS) is 16.5. The summed E-state index contributed by atoms with van der Waals surface area (Å²) in [5, 5.41) is 10.1. The highest BCUT2D eigenvalue weighted by atomic mass is 32.2. The van der Waals surface area contributed by atoms with Crippen LogP contribution in [0, 0.1) is 29.1 Å². The summed E-state index contributed by atoms with van der Waals surface area (Å²) in [6.07, 6.45) is 5.83. The SMILES string of the molecule is CCC(=O)Oc1ccc(C[N+]2(CC(=O)C[C@@H](CCc3ccccc3)C(=O)NC(CC(C)C)C(=O)C[C@@H](Cc3ccccc3)C(=O)NC(CC(C)C)C(=O)C3(C)CC3)CCOCC2)cc1/C=N/OC.CS(=O)(=O)[O-]. The second-order valence-electron chi connectivity index (χ2n) is 20.9. The standard InChI is InChI=1S/C55H74N4O9.CH4O3S/c1-8-51(62)68-50-22-20-42(32-45(50)35-56-66-7)36-59(25-27-67-28-26-59)37-46(60)33-43(21-19-40-15-11-9-12-16-40)53(64)57-47(29-38(2)3)49(61)34-44(31-41-17-13-10-14-18-41)54(65)58-48(30-39(4)5)52(63)55(6)23-24-55;1-5(2,3)4/h9-18,20,22,32,35,38-39,43-44,47-48H,8,19,21,23-31,33-34,36-37H2,1-7H3,(H-,57,58,64,65);1H3,(H,2,3,4)/b56-35+;/t43-,44-,47?,48?;/m1./s1. The number of hydrogen-bond donors (Lipinski definition) is 2. The van der Waals surface area contributed by atoms with Crippen molar-refractivity contribution in [3.8, 4) is 5.75 Å². The number of nitrogens with zero attached hydrogens (tertiary/aromatic N) is 2. The van der Waals surface area contributed by atoms with Crippen LogP contribution in [0.3, 0.4) is 0 Å². The zero-order valence-corrected chi connectivity index (χ0v) is 44.9. The second-order valence-corrected chi connectivity index (χ2v) is 22.3. The van der Waals surface area contributed by atoms with Gasteiger partial charge in [-0.05, 0) is 86.1 Å². The van der Waals surface area contributed by atoms with Crippen molar-refractivity contribution in [3.05, 3.63) is 101 Å². The molecule has 2 N–H and O–H groups in total. The van der Waals surface area contributed by atoms with Crippen molar-refractivity contribution >= 4 is 51.5 Å². The molecule has 2 amide bonds. The molecule has 3 aromatic rings. The summed E-state index contributed by atoms with van der Waals surface area (Å²) < 4.78 is 39.0. The maximum absolute atomic E-state index is 14.6. The van der Waals surface area contributed by atoms with Gasteiger partial charge in [-0.25, -0.2) is 8.42 Å². The van der Waals surface area contributed by atoms with E-state index in [1.54, 1.807) is 13.0 Å². The number of ketones is 3. The number of benzene rings is 3. The summed E-state index contributed by atoms with van der Waals surface area (Å²) in [5.74, 6) is -2.35. The van der Waals surface area contributed by atoms with E-state index in [4.69, 9.17) is 27.3 Å². The average Bonchev–Trinajstić information content (AvgIpc) is 4.09. The van der Waals surface area contributed by atoms with Crippen LogP contribution in [0.15, 0.2) is 84.0 Å². The van der Waals surface area contributed by atoms with Crippen LogP contribution in [0.1, 0.15) is 115 Å². The molecule has 0 aromatic heterocycles. The number of amides is 2. The lowest BCUT2D eigenvalue weighted by molar-refractivity contribution is -0.940. The average molecular weight is 1030 g/mol. The van der Waals surface area contributed by atoms with Crippen molar-refractivity contribution in [3.63, 3.8) is 0 Å². The topological polar surface area (TPSA) is 224 Å². The first kappa shape index (κ1) is 59.9. The molecule has 400 valence electrons. The number of carbonyl (C=O) groups is 6. The molecule has 0 radical (unpaired) electrons. The van der Waals surface area contributed by atoms with E-state index in [9.17, 15) is 28.8 Å². The van der Waals surface area contributed by atoms with Crippen molar-refractivity contribution < 1.29 is 60.5 Å². The minimum atomic E-state index is -3.92. The number of rotatable bonds is 28. The number of esters is 1. The molecular weight excluding hydrogens is 953 g/mol. The minimum Gasteiger partial charge on any atom is -0.748 e. The van der Waals surface area contributed by atoms with Crippen molar-refractivity contribution in [2.45, 2.75) is 124 Å². The molecular formula is C56H78N4O12S. The number of nitrogens with one attached hydrogen (secondary N) is 2. The third-order valence-electron chi connectivity index (χ3n) is 13.3. The number of quaternary nitrogens is 1. The van der Waals surface area contributed by atoms with Gasteiger partial charge in [0.1, 0.15) is 39.0 Å². The highest BCUT2D eigenvalue weighted by molar-refractivity contribution is 7.84. The van der Waals surface area contributed by atoms with Gasteiger partial charge in [0.25, 0.3) is 0 Å². The minimum absolute atomic E-state index is 0.0248. The molecule has 2 aliphatic rings. The van der Waals surface area contributed by atoms with Gasteiger partial charge in [-0.1, -0.05) is 107 Å². The summed E-state index contributed by atoms with van der Waals surface area (Å²) in [6.45, 7) is 14.4. The van der Waals surface area contributed by atoms with E-state index in [1.807, 2.05) is 107 Å². The number of hydrogen-bond acceptors (Lipinski definition) is 13. The number of carbonyl (C=O) groups excluding carboxylic acids is 6. The molecule has 17 heteroatoms. The third kappa shape index (κ3) is 21.4. The maximum Gasteiger partial charge on any atom is 0.310 e. The van der Waals surface area contributed by atoms with Gasteiger partial charge in [-0.15, -0.1) is 0 Å². The van der Waals surface area contributed by atoms with Crippen molar-refractivity contribution in [1.29, 1.82) is 0 Å². The fourth-order valence-corrected chi connectivity index (χ4v) is 9.13. The molecule has 1 saturated carbocycles. The molecule has 73 heavy (non-hydrogen) atoms. The quantitative estimate of drug-likeness (QED) is 0.0188. The first-order valence-corrected chi connectivity index (χ1v) is 27.3.